The van der Waals surface area contributed by atoms with Crippen LogP contribution in [0.3, 0.4) is 0 Å². The second-order valence-corrected chi connectivity index (χ2v) is 3.10. The van der Waals surface area contributed by atoms with Crippen LogP contribution in [0.2, 0.25) is 0 Å². The van der Waals surface area contributed by atoms with E-state index in [2.05, 4.69) is 10.1 Å². The average Bonchev–Trinajstić information content (AvgIpc) is 2.74. The van der Waals surface area contributed by atoms with Gasteiger partial charge in [0, 0.05) is 6.08 Å². The van der Waals surface area contributed by atoms with Gasteiger partial charge in [0.15, 0.2) is 0 Å². The zero-order chi connectivity index (χ0) is 11.4. The number of rotatable bonds is 3. The van der Waals surface area contributed by atoms with E-state index in [0.717, 1.165) is 5.52 Å². The molecule has 0 aromatic carbocycles. The molecule has 82 valence electrons. The molecule has 5 heteroatoms. The summed E-state index contributed by atoms with van der Waals surface area (Å²) in [6.07, 6.45) is 8.07. The van der Waals surface area contributed by atoms with Crippen molar-refractivity contribution >= 4 is 17.6 Å². The highest BCUT2D eigenvalue weighted by atomic mass is 16.5. The lowest BCUT2D eigenvalue weighted by atomic mass is 10.4. The number of nitrogens with zero attached hydrogens (tertiary/aromatic N) is 3. The van der Waals surface area contributed by atoms with Crippen molar-refractivity contribution in [3.8, 4) is 0 Å². The molecule has 0 radical (unpaired) electrons. The molecule has 5 nitrogen and oxygen atoms in total. The normalized spacial score (nSPS) is 11.1. The molecule has 0 unspecified atom stereocenters. The summed E-state index contributed by atoms with van der Waals surface area (Å²) in [6, 6.07) is 1.85. The van der Waals surface area contributed by atoms with Crippen LogP contribution < -0.4 is 0 Å². The molecular weight excluding hydrogens is 206 g/mol. The van der Waals surface area contributed by atoms with Gasteiger partial charge in [0.05, 0.1) is 36.4 Å². The minimum Gasteiger partial charge on any atom is -0.463 e. The van der Waals surface area contributed by atoms with Gasteiger partial charge >= 0.3 is 5.97 Å². The molecule has 2 aromatic rings. The van der Waals surface area contributed by atoms with Crippen molar-refractivity contribution in [2.24, 2.45) is 0 Å². The van der Waals surface area contributed by atoms with Gasteiger partial charge in [-0.05, 0) is 19.1 Å². The summed E-state index contributed by atoms with van der Waals surface area (Å²) >= 11 is 0. The van der Waals surface area contributed by atoms with Gasteiger partial charge in [0.2, 0.25) is 0 Å². The van der Waals surface area contributed by atoms with Crippen molar-refractivity contribution in [1.82, 2.24) is 14.6 Å². The van der Waals surface area contributed by atoms with E-state index in [-0.39, 0.29) is 5.97 Å². The SMILES string of the molecule is CCOC(=O)C=Cc1cn2nccc2cn1. The van der Waals surface area contributed by atoms with Gasteiger partial charge in [-0.15, -0.1) is 0 Å². The van der Waals surface area contributed by atoms with Gasteiger partial charge in [-0.25, -0.2) is 9.31 Å². The lowest BCUT2D eigenvalue weighted by Gasteiger charge is -1.96. The van der Waals surface area contributed by atoms with Gasteiger partial charge in [0.1, 0.15) is 0 Å². The second kappa shape index (κ2) is 4.57. The van der Waals surface area contributed by atoms with Crippen molar-refractivity contribution in [2.75, 3.05) is 6.61 Å². The molecule has 0 saturated carbocycles. The summed E-state index contributed by atoms with van der Waals surface area (Å²) in [5.41, 5.74) is 1.57. The van der Waals surface area contributed by atoms with E-state index in [9.17, 15) is 4.79 Å². The number of esters is 1. The van der Waals surface area contributed by atoms with Crippen LogP contribution in [0.25, 0.3) is 11.6 Å². The zero-order valence-electron chi connectivity index (χ0n) is 8.83. The maximum absolute atomic E-state index is 11.1. The Balaban J connectivity index is 2.17. The van der Waals surface area contributed by atoms with Gasteiger partial charge in [-0.2, -0.15) is 5.10 Å². The molecule has 2 heterocycles. The molecule has 0 fully saturated rings. The predicted molar refractivity (Wildman–Crippen MR) is 58.7 cm³/mol. The van der Waals surface area contributed by atoms with E-state index < -0.39 is 0 Å². The minimum absolute atomic E-state index is 0.370. The Bertz CT molecular complexity index is 531. The van der Waals surface area contributed by atoms with E-state index >= 15 is 0 Å². The van der Waals surface area contributed by atoms with Gasteiger partial charge in [-0.1, -0.05) is 0 Å². The highest BCUT2D eigenvalue weighted by molar-refractivity contribution is 5.86. The van der Waals surface area contributed by atoms with Crippen molar-refractivity contribution in [1.29, 1.82) is 0 Å². The maximum atomic E-state index is 11.1. The number of aromatic nitrogens is 3. The molecule has 0 N–H and O–H groups in total. The van der Waals surface area contributed by atoms with Crippen LogP contribution >= 0.6 is 0 Å². The molecule has 0 bridgehead atoms. The number of carbonyl (C=O) groups excluding carboxylic acids is 1. The smallest absolute Gasteiger partial charge is 0.330 e. The number of hydrogen-bond donors (Lipinski definition) is 0. The fraction of sp³-hybridized carbons (Fsp3) is 0.182. The molecule has 0 aliphatic rings. The first kappa shape index (κ1) is 10.4. The Morgan fingerprint density at radius 2 is 2.50 bits per heavy atom. The highest BCUT2D eigenvalue weighted by Gasteiger charge is 1.97. The molecule has 0 spiro atoms. The van der Waals surface area contributed by atoms with E-state index in [1.54, 1.807) is 36.1 Å². The highest BCUT2D eigenvalue weighted by Crippen LogP contribution is 2.03. The third-order valence-electron chi connectivity index (χ3n) is 1.98. The van der Waals surface area contributed by atoms with Crippen LogP contribution in [-0.2, 0) is 9.53 Å². The van der Waals surface area contributed by atoms with E-state index in [1.807, 2.05) is 6.07 Å². The number of ether oxygens (including phenoxy) is 1. The predicted octanol–water partition coefficient (Wildman–Crippen LogP) is 1.31. The summed E-state index contributed by atoms with van der Waals surface area (Å²) in [5.74, 6) is -0.370. The van der Waals surface area contributed by atoms with E-state index in [1.165, 1.54) is 6.08 Å². The topological polar surface area (TPSA) is 56.5 Å². The fourth-order valence-electron chi connectivity index (χ4n) is 1.26. The van der Waals surface area contributed by atoms with Crippen molar-refractivity contribution in [3.05, 3.63) is 36.4 Å². The van der Waals surface area contributed by atoms with Gasteiger partial charge in [-0.3, -0.25) is 4.98 Å². The fourth-order valence-corrected chi connectivity index (χ4v) is 1.26. The summed E-state index contributed by atoms with van der Waals surface area (Å²) in [7, 11) is 0. The maximum Gasteiger partial charge on any atom is 0.330 e. The zero-order valence-corrected chi connectivity index (χ0v) is 8.83. The monoisotopic (exact) mass is 217 g/mol. The Morgan fingerprint density at radius 1 is 1.62 bits per heavy atom. The molecule has 16 heavy (non-hydrogen) atoms. The van der Waals surface area contributed by atoms with Gasteiger partial charge in [0.25, 0.3) is 0 Å². The molecule has 0 saturated heterocycles. The molecule has 0 amide bonds. The first-order valence-corrected chi connectivity index (χ1v) is 4.94. The molecule has 2 aromatic heterocycles. The summed E-state index contributed by atoms with van der Waals surface area (Å²) < 4.78 is 6.45. The number of carbonyl (C=O) groups is 1. The van der Waals surface area contributed by atoms with E-state index in [0.29, 0.717) is 12.3 Å². The quantitative estimate of drug-likeness (QED) is 0.574. The Morgan fingerprint density at radius 3 is 3.31 bits per heavy atom. The summed E-state index contributed by atoms with van der Waals surface area (Å²) in [6.45, 7) is 2.13. The van der Waals surface area contributed by atoms with Crippen molar-refractivity contribution in [3.63, 3.8) is 0 Å². The van der Waals surface area contributed by atoms with Crippen molar-refractivity contribution in [2.45, 2.75) is 6.92 Å². The molecule has 0 aliphatic carbocycles. The lowest BCUT2D eigenvalue weighted by Crippen LogP contribution is -1.99. The minimum atomic E-state index is -0.370. The Kier molecular flexibility index (Phi) is 2.95. The van der Waals surface area contributed by atoms with E-state index in [4.69, 9.17) is 4.74 Å². The lowest BCUT2D eigenvalue weighted by molar-refractivity contribution is -0.137. The number of fused-ring (bicyclic) bond motifs is 1. The van der Waals surface area contributed by atoms with Crippen molar-refractivity contribution < 1.29 is 9.53 Å². The largest absolute Gasteiger partial charge is 0.463 e. The molecule has 0 aliphatic heterocycles. The standard InChI is InChI=1S/C11H11N3O2/c1-2-16-11(15)4-3-9-8-14-10(7-12-9)5-6-13-14/h3-8H,2H2,1H3. The molecule has 0 atom stereocenters. The Labute approximate surface area is 92.4 Å². The van der Waals surface area contributed by atoms with Crippen LogP contribution in [0.1, 0.15) is 12.6 Å². The van der Waals surface area contributed by atoms with Crippen LogP contribution in [0.5, 0.6) is 0 Å². The third kappa shape index (κ3) is 2.25. The summed E-state index contributed by atoms with van der Waals surface area (Å²) in [4.78, 5) is 15.2. The number of hydrogen-bond acceptors (Lipinski definition) is 4. The Hall–Kier alpha value is -2.17. The average molecular weight is 217 g/mol. The third-order valence-corrected chi connectivity index (χ3v) is 1.98. The van der Waals surface area contributed by atoms with Gasteiger partial charge < -0.3 is 4.74 Å². The molecule has 2 rings (SSSR count). The van der Waals surface area contributed by atoms with Crippen LogP contribution in [-0.4, -0.2) is 27.2 Å². The van der Waals surface area contributed by atoms with Crippen LogP contribution in [0, 0.1) is 0 Å². The second-order valence-electron chi connectivity index (χ2n) is 3.10. The van der Waals surface area contributed by atoms with Crippen LogP contribution in [0.15, 0.2) is 30.7 Å². The molecular formula is C11H11N3O2. The summed E-state index contributed by atoms with van der Waals surface area (Å²) in [5, 5.41) is 4.07. The van der Waals surface area contributed by atoms with Crippen LogP contribution in [0.4, 0.5) is 0 Å². The first-order chi connectivity index (χ1) is 7.79. The first-order valence-electron chi connectivity index (χ1n) is 4.94.